The molecule has 3 N–H and O–H groups in total. The number of halogens is 1. The molecule has 0 atom stereocenters. The van der Waals surface area contributed by atoms with Crippen LogP contribution >= 0.6 is 23.8 Å². The minimum absolute atomic E-state index is 0.0167. The van der Waals surface area contributed by atoms with E-state index < -0.39 is 15.9 Å². The first kappa shape index (κ1) is 18.2. The Labute approximate surface area is 150 Å². The zero-order chi connectivity index (χ0) is 17.7. The zero-order valence-electron chi connectivity index (χ0n) is 12.5. The first-order chi connectivity index (χ1) is 11.3. The predicted molar refractivity (Wildman–Crippen MR) is 98.7 cm³/mol. The van der Waals surface area contributed by atoms with Crippen LogP contribution in [0.15, 0.2) is 53.4 Å². The highest BCUT2D eigenvalue weighted by atomic mass is 35.5. The lowest BCUT2D eigenvalue weighted by Gasteiger charge is -2.11. The van der Waals surface area contributed by atoms with Gasteiger partial charge in [0.15, 0.2) is 5.11 Å². The van der Waals surface area contributed by atoms with Crippen LogP contribution in [0.3, 0.4) is 0 Å². The summed E-state index contributed by atoms with van der Waals surface area (Å²) >= 11 is 11.1. The molecule has 2 aromatic carbocycles. The van der Waals surface area contributed by atoms with Crippen molar-refractivity contribution in [1.82, 2.24) is 4.72 Å². The van der Waals surface area contributed by atoms with Gasteiger partial charge in [0.25, 0.3) is 10.0 Å². The molecular weight excluding hydrogens is 370 g/mol. The van der Waals surface area contributed by atoms with Crippen LogP contribution in [0.25, 0.3) is 0 Å². The van der Waals surface area contributed by atoms with Gasteiger partial charge in [0, 0.05) is 23.3 Å². The number of rotatable bonds is 4. The Bertz CT molecular complexity index is 868. The molecule has 0 saturated carbocycles. The van der Waals surface area contributed by atoms with Crippen molar-refractivity contribution in [1.29, 1.82) is 0 Å². The van der Waals surface area contributed by atoms with Gasteiger partial charge >= 0.3 is 0 Å². The summed E-state index contributed by atoms with van der Waals surface area (Å²) in [7, 11) is -3.85. The van der Waals surface area contributed by atoms with E-state index in [9.17, 15) is 13.2 Å². The van der Waals surface area contributed by atoms with Gasteiger partial charge in [-0.25, -0.2) is 13.1 Å². The molecule has 0 spiro atoms. The van der Waals surface area contributed by atoms with Gasteiger partial charge in [-0.1, -0.05) is 17.7 Å². The Kier molecular flexibility index (Phi) is 5.76. The van der Waals surface area contributed by atoms with Crippen LogP contribution in [0.2, 0.25) is 5.02 Å². The fraction of sp³-hybridized carbons (Fsp3) is 0.0667. The van der Waals surface area contributed by atoms with E-state index in [1.807, 2.05) is 10.8 Å². The van der Waals surface area contributed by atoms with Crippen molar-refractivity contribution >= 4 is 56.2 Å². The highest BCUT2D eigenvalue weighted by Crippen LogP contribution is 2.17. The molecule has 1 amide bonds. The molecule has 6 nitrogen and oxygen atoms in total. The number of hydrogen-bond acceptors (Lipinski definition) is 4. The number of nitrogens with one attached hydrogen (secondary N) is 3. The van der Waals surface area contributed by atoms with Crippen LogP contribution in [0, 0.1) is 0 Å². The first-order valence-electron chi connectivity index (χ1n) is 6.73. The van der Waals surface area contributed by atoms with E-state index in [-0.39, 0.29) is 4.90 Å². The maximum absolute atomic E-state index is 11.8. The molecule has 0 heterocycles. The monoisotopic (exact) mass is 383 g/mol. The molecule has 0 aliphatic heterocycles. The van der Waals surface area contributed by atoms with Crippen molar-refractivity contribution in [2.45, 2.75) is 11.8 Å². The number of sulfonamides is 1. The summed E-state index contributed by atoms with van der Waals surface area (Å²) in [5.74, 6) is -0.649. The topological polar surface area (TPSA) is 87.3 Å². The van der Waals surface area contributed by atoms with E-state index in [1.165, 1.54) is 12.1 Å². The second kappa shape index (κ2) is 7.61. The second-order valence-electron chi connectivity index (χ2n) is 4.78. The fourth-order valence-corrected chi connectivity index (χ4v) is 3.24. The Morgan fingerprint density at radius 1 is 1.04 bits per heavy atom. The Balaban J connectivity index is 2.03. The number of carbonyl (C=O) groups is 1. The van der Waals surface area contributed by atoms with Crippen LogP contribution in [-0.2, 0) is 14.8 Å². The van der Waals surface area contributed by atoms with Gasteiger partial charge in [0.2, 0.25) is 5.91 Å². The summed E-state index contributed by atoms with van der Waals surface area (Å²) in [6.07, 6.45) is 0. The molecule has 0 aromatic heterocycles. The van der Waals surface area contributed by atoms with Crippen molar-refractivity contribution in [3.05, 3.63) is 53.6 Å². The van der Waals surface area contributed by atoms with E-state index in [4.69, 9.17) is 23.8 Å². The van der Waals surface area contributed by atoms with E-state index in [2.05, 4.69) is 10.6 Å². The summed E-state index contributed by atoms with van der Waals surface area (Å²) in [4.78, 5) is 10.9. The fourth-order valence-electron chi connectivity index (χ4n) is 1.83. The predicted octanol–water partition coefficient (Wildman–Crippen LogP) is 2.97. The molecule has 0 bridgehead atoms. The molecule has 24 heavy (non-hydrogen) atoms. The maximum Gasteiger partial charge on any atom is 0.264 e. The Morgan fingerprint density at radius 3 is 2.25 bits per heavy atom. The zero-order valence-corrected chi connectivity index (χ0v) is 14.9. The van der Waals surface area contributed by atoms with Gasteiger partial charge in [0.1, 0.15) is 0 Å². The van der Waals surface area contributed by atoms with Crippen molar-refractivity contribution in [3.8, 4) is 0 Å². The van der Waals surface area contributed by atoms with Gasteiger partial charge in [-0.2, -0.15) is 0 Å². The molecule has 2 rings (SSSR count). The van der Waals surface area contributed by atoms with Crippen molar-refractivity contribution in [2.75, 3.05) is 10.6 Å². The van der Waals surface area contributed by atoms with Crippen LogP contribution < -0.4 is 15.4 Å². The summed E-state index contributed by atoms with van der Waals surface area (Å²) in [6, 6.07) is 12.9. The summed E-state index contributed by atoms with van der Waals surface area (Å²) in [5, 5.41) is 6.79. The SMILES string of the molecule is CC(=O)NS(=O)(=O)c1ccc(NC(=S)Nc2cccc(Cl)c2)cc1. The van der Waals surface area contributed by atoms with Gasteiger partial charge in [-0.05, 0) is 54.7 Å². The van der Waals surface area contributed by atoms with E-state index in [0.29, 0.717) is 15.8 Å². The largest absolute Gasteiger partial charge is 0.332 e. The van der Waals surface area contributed by atoms with E-state index in [1.54, 1.807) is 30.3 Å². The number of amides is 1. The van der Waals surface area contributed by atoms with E-state index in [0.717, 1.165) is 12.6 Å². The van der Waals surface area contributed by atoms with Gasteiger partial charge in [-0.15, -0.1) is 0 Å². The van der Waals surface area contributed by atoms with Crippen LogP contribution in [0.4, 0.5) is 11.4 Å². The molecule has 0 fully saturated rings. The Hall–Kier alpha value is -2.16. The number of carbonyl (C=O) groups excluding carboxylic acids is 1. The highest BCUT2D eigenvalue weighted by Gasteiger charge is 2.15. The van der Waals surface area contributed by atoms with Gasteiger partial charge < -0.3 is 10.6 Å². The number of anilines is 2. The number of thiocarbonyl (C=S) groups is 1. The third-order valence-corrected chi connectivity index (χ3v) is 4.67. The molecule has 0 aliphatic rings. The molecule has 0 unspecified atom stereocenters. The molecule has 0 radical (unpaired) electrons. The van der Waals surface area contributed by atoms with Crippen LogP contribution in [0.5, 0.6) is 0 Å². The van der Waals surface area contributed by atoms with Crippen LogP contribution in [0.1, 0.15) is 6.92 Å². The molecule has 126 valence electrons. The van der Waals surface area contributed by atoms with Gasteiger partial charge in [0.05, 0.1) is 4.90 Å². The van der Waals surface area contributed by atoms with Crippen molar-refractivity contribution in [2.24, 2.45) is 0 Å². The summed E-state index contributed by atoms with van der Waals surface area (Å²) in [6.45, 7) is 1.13. The normalized spacial score (nSPS) is 10.8. The number of hydrogen-bond donors (Lipinski definition) is 3. The Morgan fingerprint density at radius 2 is 1.67 bits per heavy atom. The first-order valence-corrected chi connectivity index (χ1v) is 9.00. The van der Waals surface area contributed by atoms with Gasteiger partial charge in [-0.3, -0.25) is 4.79 Å². The smallest absolute Gasteiger partial charge is 0.264 e. The minimum Gasteiger partial charge on any atom is -0.332 e. The molecule has 9 heteroatoms. The molecule has 0 saturated heterocycles. The standard InChI is InChI=1S/C15H14ClN3O3S2/c1-10(20)19-24(21,22)14-7-5-12(6-8-14)17-15(23)18-13-4-2-3-11(16)9-13/h2-9H,1H3,(H,19,20)(H2,17,18,23). The maximum atomic E-state index is 11.8. The second-order valence-corrected chi connectivity index (χ2v) is 7.30. The molecular formula is C15H14ClN3O3S2. The van der Waals surface area contributed by atoms with Crippen molar-refractivity contribution < 1.29 is 13.2 Å². The summed E-state index contributed by atoms with van der Waals surface area (Å²) < 4.78 is 25.6. The highest BCUT2D eigenvalue weighted by molar-refractivity contribution is 7.90. The molecule has 2 aromatic rings. The quantitative estimate of drug-likeness (QED) is 0.703. The average Bonchev–Trinajstić information content (AvgIpc) is 2.46. The third-order valence-electron chi connectivity index (χ3n) is 2.78. The minimum atomic E-state index is -3.85. The average molecular weight is 384 g/mol. The lowest BCUT2D eigenvalue weighted by Crippen LogP contribution is -2.28. The van der Waals surface area contributed by atoms with E-state index >= 15 is 0 Å². The lowest BCUT2D eigenvalue weighted by molar-refractivity contribution is -0.117. The number of benzene rings is 2. The molecule has 0 aliphatic carbocycles. The third kappa shape index (κ3) is 5.19. The lowest BCUT2D eigenvalue weighted by atomic mass is 10.3. The summed E-state index contributed by atoms with van der Waals surface area (Å²) in [5.41, 5.74) is 1.32. The van der Waals surface area contributed by atoms with Crippen LogP contribution in [-0.4, -0.2) is 19.4 Å². The van der Waals surface area contributed by atoms with Crippen molar-refractivity contribution in [3.63, 3.8) is 0 Å².